The number of carbonyl (C=O) groups is 2. The summed E-state index contributed by atoms with van der Waals surface area (Å²) in [5.41, 5.74) is -2.84. The Hall–Kier alpha value is -2.09. The summed E-state index contributed by atoms with van der Waals surface area (Å²) in [5.74, 6) is -3.03. The average molecular weight is 333 g/mol. The lowest BCUT2D eigenvalue weighted by Gasteiger charge is -2.21. The molecule has 0 saturated carbocycles. The summed E-state index contributed by atoms with van der Waals surface area (Å²) in [4.78, 5) is 22.9. The fourth-order valence-electron chi connectivity index (χ4n) is 1.96. The molecular weight excluding hydrogens is 315 g/mol. The molecule has 0 bridgehead atoms. The summed E-state index contributed by atoms with van der Waals surface area (Å²) in [5, 5.41) is 20.6. The van der Waals surface area contributed by atoms with Crippen LogP contribution in [0, 0.1) is 0 Å². The van der Waals surface area contributed by atoms with Crippen LogP contribution in [-0.4, -0.2) is 34.2 Å². The van der Waals surface area contributed by atoms with Gasteiger partial charge in [-0.3, -0.25) is 4.79 Å². The molecular formula is C15H18F3NO4. The Balaban J connectivity index is 2.92. The minimum absolute atomic E-state index is 0.176. The van der Waals surface area contributed by atoms with Crippen LogP contribution in [-0.2, 0) is 15.8 Å². The van der Waals surface area contributed by atoms with E-state index < -0.39 is 41.7 Å². The molecule has 1 aromatic carbocycles. The average Bonchev–Trinajstić information content (AvgIpc) is 2.45. The van der Waals surface area contributed by atoms with Gasteiger partial charge in [-0.1, -0.05) is 25.1 Å². The zero-order valence-electron chi connectivity index (χ0n) is 12.6. The van der Waals surface area contributed by atoms with E-state index in [4.69, 9.17) is 5.11 Å². The Morgan fingerprint density at radius 2 is 1.91 bits per heavy atom. The zero-order chi connectivity index (χ0) is 17.8. The van der Waals surface area contributed by atoms with Crippen molar-refractivity contribution in [1.29, 1.82) is 0 Å². The van der Waals surface area contributed by atoms with Crippen molar-refractivity contribution < 1.29 is 33.0 Å². The summed E-state index contributed by atoms with van der Waals surface area (Å²) in [6.45, 7) is 2.09. The van der Waals surface area contributed by atoms with Crippen LogP contribution in [0.25, 0.3) is 0 Å². The molecule has 0 saturated heterocycles. The number of halogens is 3. The van der Waals surface area contributed by atoms with E-state index in [1.54, 1.807) is 6.92 Å². The van der Waals surface area contributed by atoms with Crippen molar-refractivity contribution in [1.82, 2.24) is 5.32 Å². The van der Waals surface area contributed by atoms with E-state index in [9.17, 15) is 27.9 Å². The second kappa shape index (κ2) is 6.99. The summed E-state index contributed by atoms with van der Waals surface area (Å²) in [7, 11) is 0. The molecule has 0 radical (unpaired) electrons. The van der Waals surface area contributed by atoms with Crippen LogP contribution in [0.15, 0.2) is 24.3 Å². The van der Waals surface area contributed by atoms with Gasteiger partial charge >= 0.3 is 12.1 Å². The quantitative estimate of drug-likeness (QED) is 0.744. The van der Waals surface area contributed by atoms with Crippen molar-refractivity contribution in [2.75, 3.05) is 6.54 Å². The highest BCUT2D eigenvalue weighted by atomic mass is 19.4. The molecule has 1 rings (SSSR count). The van der Waals surface area contributed by atoms with Crippen LogP contribution >= 0.6 is 0 Å². The third-order valence-corrected chi connectivity index (χ3v) is 3.41. The van der Waals surface area contributed by atoms with Gasteiger partial charge in [-0.25, -0.2) is 4.79 Å². The second-order valence-electron chi connectivity index (χ2n) is 5.38. The van der Waals surface area contributed by atoms with Gasteiger partial charge in [-0.15, -0.1) is 0 Å². The number of hydrogen-bond donors (Lipinski definition) is 3. The van der Waals surface area contributed by atoms with Crippen LogP contribution < -0.4 is 5.32 Å². The number of benzene rings is 1. The second-order valence-corrected chi connectivity index (χ2v) is 5.38. The lowest BCUT2D eigenvalue weighted by atomic mass is 9.93. The number of alkyl halides is 3. The fourth-order valence-corrected chi connectivity index (χ4v) is 1.96. The fraction of sp³-hybridized carbons (Fsp3) is 0.467. The van der Waals surface area contributed by atoms with E-state index in [2.05, 4.69) is 5.32 Å². The van der Waals surface area contributed by atoms with Crippen molar-refractivity contribution >= 4 is 11.9 Å². The minimum Gasteiger partial charge on any atom is -0.479 e. The van der Waals surface area contributed by atoms with E-state index in [1.807, 2.05) is 0 Å². The van der Waals surface area contributed by atoms with E-state index in [-0.39, 0.29) is 12.0 Å². The summed E-state index contributed by atoms with van der Waals surface area (Å²) in [6.07, 6.45) is -4.29. The molecule has 0 aromatic heterocycles. The van der Waals surface area contributed by atoms with Gasteiger partial charge in [0.05, 0.1) is 18.0 Å². The maximum Gasteiger partial charge on any atom is 0.416 e. The van der Waals surface area contributed by atoms with Gasteiger partial charge in [0.15, 0.2) is 5.60 Å². The summed E-state index contributed by atoms with van der Waals surface area (Å²) in [6, 6.07) is 4.41. The molecule has 8 heteroatoms. The van der Waals surface area contributed by atoms with Crippen molar-refractivity contribution in [3.63, 3.8) is 0 Å². The Bertz CT molecular complexity index is 584. The molecule has 5 nitrogen and oxygen atoms in total. The third kappa shape index (κ3) is 4.95. The van der Waals surface area contributed by atoms with E-state index >= 15 is 0 Å². The number of hydrogen-bond acceptors (Lipinski definition) is 3. The molecule has 3 N–H and O–H groups in total. The third-order valence-electron chi connectivity index (χ3n) is 3.41. The summed E-state index contributed by atoms with van der Waals surface area (Å²) >= 11 is 0. The maximum atomic E-state index is 12.7. The Kier molecular flexibility index (Phi) is 5.76. The van der Waals surface area contributed by atoms with Crippen LogP contribution in [0.4, 0.5) is 13.2 Å². The first-order valence-electron chi connectivity index (χ1n) is 6.89. The van der Waals surface area contributed by atoms with Crippen molar-refractivity contribution in [2.45, 2.75) is 38.0 Å². The highest BCUT2D eigenvalue weighted by Gasteiger charge is 2.33. The van der Waals surface area contributed by atoms with Gasteiger partial charge in [0.1, 0.15) is 0 Å². The first kappa shape index (κ1) is 19.0. The number of nitrogens with one attached hydrogen (secondary N) is 1. The first-order chi connectivity index (χ1) is 10.5. The number of aliphatic hydroxyl groups is 1. The number of aliphatic carboxylic acids is 1. The molecule has 0 aliphatic heterocycles. The van der Waals surface area contributed by atoms with Gasteiger partial charge in [-0.05, 0) is 25.0 Å². The molecule has 0 heterocycles. The molecule has 2 unspecified atom stereocenters. The number of carboxylic acid groups (broad SMARTS) is 1. The Labute approximate surface area is 131 Å². The van der Waals surface area contributed by atoms with Gasteiger partial charge < -0.3 is 15.5 Å². The molecule has 0 aliphatic rings. The van der Waals surface area contributed by atoms with E-state index in [1.165, 1.54) is 12.1 Å². The highest BCUT2D eigenvalue weighted by Crippen LogP contribution is 2.31. The van der Waals surface area contributed by atoms with Crippen LogP contribution in [0.2, 0.25) is 0 Å². The van der Waals surface area contributed by atoms with Gasteiger partial charge in [-0.2, -0.15) is 13.2 Å². The lowest BCUT2D eigenvalue weighted by molar-refractivity contribution is -0.156. The predicted octanol–water partition coefficient (Wildman–Crippen LogP) is 2.15. The lowest BCUT2D eigenvalue weighted by Crippen LogP contribution is -2.47. The predicted molar refractivity (Wildman–Crippen MR) is 75.7 cm³/mol. The normalized spacial score (nSPS) is 15.6. The molecule has 23 heavy (non-hydrogen) atoms. The molecule has 2 atom stereocenters. The molecule has 1 aromatic rings. The van der Waals surface area contributed by atoms with Gasteiger partial charge in [0.2, 0.25) is 5.91 Å². The van der Waals surface area contributed by atoms with Crippen LogP contribution in [0.3, 0.4) is 0 Å². The number of rotatable bonds is 6. The van der Waals surface area contributed by atoms with E-state index in [0.717, 1.165) is 19.1 Å². The molecule has 0 spiro atoms. The summed E-state index contributed by atoms with van der Waals surface area (Å²) < 4.78 is 38.2. The molecule has 0 aliphatic carbocycles. The van der Waals surface area contributed by atoms with Gasteiger partial charge in [0, 0.05) is 0 Å². The highest BCUT2D eigenvalue weighted by molar-refractivity contribution is 5.85. The van der Waals surface area contributed by atoms with Crippen molar-refractivity contribution in [3.8, 4) is 0 Å². The number of carbonyl (C=O) groups excluding carboxylic acids is 1. The first-order valence-corrected chi connectivity index (χ1v) is 6.89. The molecule has 0 fully saturated rings. The van der Waals surface area contributed by atoms with Crippen LogP contribution in [0.5, 0.6) is 0 Å². The van der Waals surface area contributed by atoms with Crippen LogP contribution in [0.1, 0.15) is 37.3 Å². The van der Waals surface area contributed by atoms with E-state index in [0.29, 0.717) is 0 Å². The Morgan fingerprint density at radius 1 is 1.30 bits per heavy atom. The maximum absolute atomic E-state index is 12.7. The minimum atomic E-state index is -4.52. The number of amides is 1. The molecule has 1 amide bonds. The van der Waals surface area contributed by atoms with Gasteiger partial charge in [0.25, 0.3) is 0 Å². The monoisotopic (exact) mass is 333 g/mol. The smallest absolute Gasteiger partial charge is 0.416 e. The Morgan fingerprint density at radius 3 is 2.39 bits per heavy atom. The standard InChI is InChI=1S/C15H18F3NO4/c1-3-11(12(20)19-8-14(2,23)13(21)22)9-5-4-6-10(7-9)15(16,17)18/h4-7,11,23H,3,8H2,1-2H3,(H,19,20)(H,21,22). The van der Waals surface area contributed by atoms with Crippen molar-refractivity contribution in [2.24, 2.45) is 0 Å². The van der Waals surface area contributed by atoms with Crippen molar-refractivity contribution in [3.05, 3.63) is 35.4 Å². The largest absolute Gasteiger partial charge is 0.479 e. The molecule has 128 valence electrons. The SMILES string of the molecule is CCC(C(=O)NCC(C)(O)C(=O)O)c1cccc(C(F)(F)F)c1. The topological polar surface area (TPSA) is 86.6 Å². The number of carboxylic acids is 1. The zero-order valence-corrected chi connectivity index (χ0v) is 12.6.